The molecule has 0 aromatic rings. The van der Waals surface area contributed by atoms with Crippen molar-refractivity contribution in [3.05, 3.63) is 60.3 Å². The molecule has 1 rings (SSSR count). The molecule has 0 amide bonds. The summed E-state index contributed by atoms with van der Waals surface area (Å²) < 4.78 is 5.42. The van der Waals surface area contributed by atoms with Crippen molar-refractivity contribution in [1.29, 1.82) is 0 Å². The van der Waals surface area contributed by atoms with Gasteiger partial charge >= 0.3 is 5.97 Å². The Morgan fingerprint density at radius 3 is 1.74 bits per heavy atom. The Balaban J connectivity index is 3.14. The molecule has 0 radical (unpaired) electrons. The second-order valence-electron chi connectivity index (χ2n) is 12.4. The highest BCUT2D eigenvalue weighted by molar-refractivity contribution is 5.74. The van der Waals surface area contributed by atoms with E-state index in [0.29, 0.717) is 12.0 Å². The van der Waals surface area contributed by atoms with Crippen LogP contribution in [0.3, 0.4) is 0 Å². The van der Waals surface area contributed by atoms with E-state index in [1.807, 2.05) is 6.92 Å². The van der Waals surface area contributed by atoms with Crippen molar-refractivity contribution in [2.24, 2.45) is 5.92 Å². The van der Waals surface area contributed by atoms with Crippen LogP contribution in [-0.4, -0.2) is 113 Å². The highest BCUT2D eigenvalue weighted by Crippen LogP contribution is 2.24. The minimum Gasteiger partial charge on any atom is -0.459 e. The zero-order valence-corrected chi connectivity index (χ0v) is 27.5. The Bertz CT molecular complexity index is 991. The molecule has 0 saturated carbocycles. The first-order valence-corrected chi connectivity index (χ1v) is 16.4. The highest BCUT2D eigenvalue weighted by atomic mass is 16.6. The van der Waals surface area contributed by atoms with Gasteiger partial charge in [0.05, 0.1) is 48.8 Å². The number of ether oxygens (including phenoxy) is 1. The first-order valence-electron chi connectivity index (χ1n) is 16.4. The summed E-state index contributed by atoms with van der Waals surface area (Å²) in [5.74, 6) is -2.33. The monoisotopic (exact) mass is 654 g/mol. The summed E-state index contributed by atoms with van der Waals surface area (Å²) in [6, 6.07) is 0. The van der Waals surface area contributed by atoms with Gasteiger partial charge in [0.2, 0.25) is 0 Å². The zero-order chi connectivity index (χ0) is 34.6. The van der Waals surface area contributed by atoms with E-state index in [1.165, 1.54) is 13.0 Å². The van der Waals surface area contributed by atoms with Gasteiger partial charge in [0.1, 0.15) is 18.1 Å². The molecular weight excluding hydrogens is 596 g/mol. The number of rotatable bonds is 5. The van der Waals surface area contributed by atoms with Gasteiger partial charge in [-0.15, -0.1) is 0 Å². The first kappa shape index (κ1) is 41.8. The van der Waals surface area contributed by atoms with Crippen LogP contribution in [0.15, 0.2) is 60.3 Å². The highest BCUT2D eigenvalue weighted by Gasteiger charge is 2.37. The fourth-order valence-electron chi connectivity index (χ4n) is 5.27. The van der Waals surface area contributed by atoms with Crippen molar-refractivity contribution in [2.75, 3.05) is 0 Å². The van der Waals surface area contributed by atoms with Crippen LogP contribution < -0.4 is 0 Å². The molecule has 1 aliphatic rings. The van der Waals surface area contributed by atoms with Crippen LogP contribution in [0.2, 0.25) is 0 Å². The van der Waals surface area contributed by atoms with E-state index in [-0.39, 0.29) is 44.9 Å². The Morgan fingerprint density at radius 2 is 1.20 bits per heavy atom. The van der Waals surface area contributed by atoms with E-state index in [2.05, 4.69) is 0 Å². The molecule has 0 saturated heterocycles. The van der Waals surface area contributed by atoms with Gasteiger partial charge in [-0.2, -0.15) is 0 Å². The van der Waals surface area contributed by atoms with Crippen LogP contribution >= 0.6 is 0 Å². The Morgan fingerprint density at radius 1 is 0.717 bits per heavy atom. The number of cyclic esters (lactones) is 1. The molecule has 0 aromatic carbocycles. The largest absolute Gasteiger partial charge is 0.459 e. The van der Waals surface area contributed by atoms with Gasteiger partial charge in [0.15, 0.2) is 0 Å². The van der Waals surface area contributed by atoms with E-state index in [9.17, 15) is 50.8 Å². The van der Waals surface area contributed by atoms with Gasteiger partial charge in [-0.05, 0) is 51.5 Å². The quantitative estimate of drug-likeness (QED) is 0.154. The number of hydrogen-bond acceptors (Lipinski definition) is 11. The summed E-state index contributed by atoms with van der Waals surface area (Å²) in [7, 11) is 0. The smallest absolute Gasteiger partial charge is 0.314 e. The third-order valence-electron chi connectivity index (χ3n) is 8.03. The third kappa shape index (κ3) is 17.7. The van der Waals surface area contributed by atoms with Crippen LogP contribution in [-0.2, 0) is 9.53 Å². The van der Waals surface area contributed by atoms with E-state index >= 15 is 0 Å². The SMILES string of the molecule is CCCCC[C@@H](O)[C@H]1C(=O)O[C@H](C)[C@@H](O)/C=C/C=C/C=C/C=C/C=C(/C)[C@@H](O)C[C@H](O)C[C@H](O)C[C@H](O)C[C@H](O)C[C@H](O)C[C@@H]1O. The van der Waals surface area contributed by atoms with Crippen LogP contribution in [0.5, 0.6) is 0 Å². The maximum absolute atomic E-state index is 13.1. The Kier molecular flexibility index (Phi) is 21.1. The predicted molar refractivity (Wildman–Crippen MR) is 175 cm³/mol. The minimum atomic E-state index is -1.52. The number of esters is 1. The summed E-state index contributed by atoms with van der Waals surface area (Å²) in [5.41, 5.74) is 0.609. The van der Waals surface area contributed by atoms with Crippen molar-refractivity contribution < 1.29 is 55.5 Å². The summed E-state index contributed by atoms with van der Waals surface area (Å²) in [4.78, 5) is 13.1. The molecule has 0 aliphatic carbocycles. The van der Waals surface area contributed by atoms with Crippen molar-refractivity contribution in [3.8, 4) is 0 Å². The molecular formula is C35H58O11. The second-order valence-corrected chi connectivity index (χ2v) is 12.4. The number of hydrogen-bond donors (Lipinski definition) is 9. The molecule has 0 bridgehead atoms. The van der Waals surface area contributed by atoms with Crippen LogP contribution in [0.4, 0.5) is 0 Å². The number of unbranched alkanes of at least 4 members (excludes halogenated alkanes) is 2. The van der Waals surface area contributed by atoms with Crippen molar-refractivity contribution in [3.63, 3.8) is 0 Å². The molecule has 11 heteroatoms. The van der Waals surface area contributed by atoms with Gasteiger partial charge in [-0.25, -0.2) is 0 Å². The fraction of sp³-hybridized carbons (Fsp3) is 0.686. The normalized spacial score (nSPS) is 38.6. The number of carbonyl (C=O) groups excluding carboxylic acids is 1. The lowest BCUT2D eigenvalue weighted by Crippen LogP contribution is -2.43. The topological polar surface area (TPSA) is 208 Å². The van der Waals surface area contributed by atoms with Crippen molar-refractivity contribution in [1.82, 2.24) is 0 Å². The average Bonchev–Trinajstić information content (AvgIpc) is 2.94. The standard InChI is InChI=1S/C35H58O11/c1-4-5-11-16-31(42)34-33(44)22-29(40)20-27(38)18-25(36)17-26(37)19-28(39)21-32(43)23(2)14-12-9-7-6-8-10-13-15-30(41)24(3)46-35(34)45/h6-10,12-15,24-34,36-44H,4-5,11,16-22H2,1-3H3/b7-6+,10-8+,12-9+,15-13+,23-14-/t24-,25+,26-,27+,28-,29+,30+,31-,32+,33+,34-/m1/s1. The first-order chi connectivity index (χ1) is 21.7. The Labute approximate surface area is 273 Å². The lowest BCUT2D eigenvalue weighted by molar-refractivity contribution is -0.168. The fourth-order valence-corrected chi connectivity index (χ4v) is 5.27. The van der Waals surface area contributed by atoms with Gasteiger partial charge in [-0.3, -0.25) is 4.79 Å². The summed E-state index contributed by atoms with van der Waals surface area (Å²) in [5, 5.41) is 94.8. The summed E-state index contributed by atoms with van der Waals surface area (Å²) in [6.07, 6.45) is 4.69. The summed E-state index contributed by atoms with van der Waals surface area (Å²) >= 11 is 0. The van der Waals surface area contributed by atoms with Gasteiger partial charge in [0.25, 0.3) is 0 Å². The van der Waals surface area contributed by atoms with Crippen LogP contribution in [0, 0.1) is 5.92 Å². The predicted octanol–water partition coefficient (Wildman–Crippen LogP) is 1.89. The van der Waals surface area contributed by atoms with E-state index in [0.717, 1.165) is 12.8 Å². The number of carbonyl (C=O) groups is 1. The molecule has 0 unspecified atom stereocenters. The molecule has 11 atom stereocenters. The maximum atomic E-state index is 13.1. The molecule has 1 aliphatic heterocycles. The molecule has 264 valence electrons. The molecule has 0 fully saturated rings. The van der Waals surface area contributed by atoms with E-state index < -0.39 is 72.9 Å². The minimum absolute atomic E-state index is 0.0162. The van der Waals surface area contributed by atoms with E-state index in [4.69, 9.17) is 4.74 Å². The van der Waals surface area contributed by atoms with Crippen molar-refractivity contribution >= 4 is 5.97 Å². The van der Waals surface area contributed by atoms with Gasteiger partial charge in [-0.1, -0.05) is 80.9 Å². The second kappa shape index (κ2) is 23.2. The number of allylic oxidation sites excluding steroid dienone is 8. The van der Waals surface area contributed by atoms with Crippen LogP contribution in [0.25, 0.3) is 0 Å². The molecule has 9 N–H and O–H groups in total. The number of aliphatic hydroxyl groups is 9. The zero-order valence-electron chi connectivity index (χ0n) is 27.5. The lowest BCUT2D eigenvalue weighted by atomic mass is 9.87. The number of aliphatic hydroxyl groups excluding tert-OH is 9. The maximum Gasteiger partial charge on any atom is 0.314 e. The van der Waals surface area contributed by atoms with E-state index in [1.54, 1.807) is 55.5 Å². The molecule has 1 heterocycles. The third-order valence-corrected chi connectivity index (χ3v) is 8.03. The van der Waals surface area contributed by atoms with Gasteiger partial charge < -0.3 is 50.7 Å². The van der Waals surface area contributed by atoms with Gasteiger partial charge in [0, 0.05) is 12.8 Å². The molecule has 0 aromatic heterocycles. The molecule has 11 nitrogen and oxygen atoms in total. The van der Waals surface area contributed by atoms with Crippen LogP contribution in [0.1, 0.15) is 85.0 Å². The molecule has 0 spiro atoms. The van der Waals surface area contributed by atoms with Crippen molar-refractivity contribution in [2.45, 2.75) is 146 Å². The summed E-state index contributed by atoms with van der Waals surface area (Å²) in [6.45, 7) is 5.18. The molecule has 46 heavy (non-hydrogen) atoms. The average molecular weight is 655 g/mol. The lowest BCUT2D eigenvalue weighted by Gasteiger charge is -2.29. The Hall–Kier alpha value is -2.19.